The van der Waals surface area contributed by atoms with Crippen LogP contribution < -0.4 is 10.6 Å². The number of nitrogens with zero attached hydrogens (tertiary/aromatic N) is 4. The number of nitrogens with one attached hydrogen (secondary N) is 2. The number of hydrogen-bond acceptors (Lipinski definition) is 5. The van der Waals surface area contributed by atoms with Crippen molar-refractivity contribution >= 4 is 5.96 Å². The average molecular weight is 399 g/mol. The molecular weight excluding hydrogens is 364 g/mol. The van der Waals surface area contributed by atoms with Crippen molar-refractivity contribution in [2.24, 2.45) is 10.9 Å². The fourth-order valence-corrected chi connectivity index (χ4v) is 3.40. The van der Waals surface area contributed by atoms with Crippen LogP contribution in [0, 0.1) is 5.92 Å². The van der Waals surface area contributed by atoms with Gasteiger partial charge in [-0.3, -0.25) is 0 Å². The molecule has 0 aliphatic carbocycles. The molecule has 0 spiro atoms. The lowest BCUT2D eigenvalue weighted by atomic mass is 10.1. The third-order valence-electron chi connectivity index (χ3n) is 5.10. The van der Waals surface area contributed by atoms with Gasteiger partial charge in [0, 0.05) is 51.4 Å². The third-order valence-corrected chi connectivity index (χ3v) is 5.10. The van der Waals surface area contributed by atoms with E-state index in [0.29, 0.717) is 18.4 Å². The topological polar surface area (TPSA) is 68.9 Å². The molecule has 0 amide bonds. The average Bonchev–Trinajstić information content (AvgIpc) is 3.21. The van der Waals surface area contributed by atoms with E-state index in [-0.39, 0.29) is 0 Å². The first kappa shape index (κ1) is 21.3. The highest BCUT2D eigenvalue weighted by Gasteiger charge is 2.16. The molecule has 0 radical (unpaired) electrons. The van der Waals surface area contributed by atoms with E-state index in [1.807, 2.05) is 30.3 Å². The van der Waals surface area contributed by atoms with Gasteiger partial charge in [0.1, 0.15) is 12.0 Å². The molecule has 1 fully saturated rings. The summed E-state index contributed by atoms with van der Waals surface area (Å²) in [5, 5.41) is 6.79. The summed E-state index contributed by atoms with van der Waals surface area (Å²) in [6.07, 6.45) is 1.69. The van der Waals surface area contributed by atoms with Gasteiger partial charge in [-0.05, 0) is 32.0 Å². The standard InChI is InChI=1S/C22H34N6O/c1-4-23-22(24-14-18(2)16-28-12-10-27(3)11-13-28)25-15-20-17-29-21(26-20)19-8-6-5-7-9-19/h5-9,17-18H,4,10-16H2,1-3H3,(H2,23,24,25). The Morgan fingerprint density at radius 1 is 1.17 bits per heavy atom. The summed E-state index contributed by atoms with van der Waals surface area (Å²) in [7, 11) is 2.19. The SMILES string of the molecule is CCNC(=NCc1coc(-c2ccccc2)n1)NCC(C)CN1CCN(C)CC1. The first-order chi connectivity index (χ1) is 14.1. The number of hydrogen-bond donors (Lipinski definition) is 2. The van der Waals surface area contributed by atoms with E-state index in [0.717, 1.165) is 63.0 Å². The highest BCUT2D eigenvalue weighted by molar-refractivity contribution is 5.79. The van der Waals surface area contributed by atoms with Crippen LogP contribution in [-0.2, 0) is 6.54 Å². The van der Waals surface area contributed by atoms with Crippen molar-refractivity contribution in [3.8, 4) is 11.5 Å². The number of benzene rings is 1. The van der Waals surface area contributed by atoms with E-state index in [9.17, 15) is 0 Å². The molecule has 1 aromatic heterocycles. The number of likely N-dealkylation sites (N-methyl/N-ethyl adjacent to an activating group) is 1. The number of guanidine groups is 1. The maximum absolute atomic E-state index is 5.60. The van der Waals surface area contributed by atoms with Gasteiger partial charge in [0.05, 0.1) is 6.54 Å². The molecule has 29 heavy (non-hydrogen) atoms. The van der Waals surface area contributed by atoms with Gasteiger partial charge >= 0.3 is 0 Å². The molecule has 2 N–H and O–H groups in total. The molecular formula is C22H34N6O. The molecule has 1 aliphatic heterocycles. The number of oxazole rings is 1. The van der Waals surface area contributed by atoms with Crippen LogP contribution in [0.5, 0.6) is 0 Å². The minimum atomic E-state index is 0.485. The lowest BCUT2D eigenvalue weighted by molar-refractivity contribution is 0.139. The summed E-state index contributed by atoms with van der Waals surface area (Å²) in [6, 6.07) is 9.93. The van der Waals surface area contributed by atoms with Crippen molar-refractivity contribution in [2.45, 2.75) is 20.4 Å². The zero-order valence-electron chi connectivity index (χ0n) is 17.9. The summed E-state index contributed by atoms with van der Waals surface area (Å²) in [6.45, 7) is 12.3. The van der Waals surface area contributed by atoms with E-state index in [1.54, 1.807) is 6.26 Å². The monoisotopic (exact) mass is 398 g/mol. The first-order valence-electron chi connectivity index (χ1n) is 10.6. The van der Waals surface area contributed by atoms with Gasteiger partial charge in [0.25, 0.3) is 0 Å². The summed E-state index contributed by atoms with van der Waals surface area (Å²) < 4.78 is 5.60. The van der Waals surface area contributed by atoms with Crippen molar-refractivity contribution in [1.29, 1.82) is 0 Å². The van der Waals surface area contributed by atoms with Gasteiger partial charge in [0.2, 0.25) is 5.89 Å². The third kappa shape index (κ3) is 6.87. The van der Waals surface area contributed by atoms with E-state index < -0.39 is 0 Å². The Labute approximate surface area is 174 Å². The second-order valence-corrected chi connectivity index (χ2v) is 7.80. The van der Waals surface area contributed by atoms with E-state index >= 15 is 0 Å². The Morgan fingerprint density at radius 3 is 2.66 bits per heavy atom. The van der Waals surface area contributed by atoms with Gasteiger partial charge in [-0.2, -0.15) is 0 Å². The molecule has 1 unspecified atom stereocenters. The molecule has 1 saturated heterocycles. The second-order valence-electron chi connectivity index (χ2n) is 7.80. The van der Waals surface area contributed by atoms with Gasteiger partial charge in [-0.1, -0.05) is 25.1 Å². The summed E-state index contributed by atoms with van der Waals surface area (Å²) in [5.41, 5.74) is 1.80. The maximum Gasteiger partial charge on any atom is 0.226 e. The van der Waals surface area contributed by atoms with E-state index in [4.69, 9.17) is 4.42 Å². The van der Waals surface area contributed by atoms with Crippen molar-refractivity contribution in [3.63, 3.8) is 0 Å². The van der Waals surface area contributed by atoms with Gasteiger partial charge in [-0.25, -0.2) is 9.98 Å². The molecule has 1 aromatic carbocycles. The van der Waals surface area contributed by atoms with Gasteiger partial charge in [0.15, 0.2) is 5.96 Å². The molecule has 3 rings (SSSR count). The van der Waals surface area contributed by atoms with Crippen molar-refractivity contribution < 1.29 is 4.42 Å². The molecule has 7 nitrogen and oxygen atoms in total. The van der Waals surface area contributed by atoms with Crippen LogP contribution in [0.15, 0.2) is 46.0 Å². The van der Waals surface area contributed by atoms with Crippen LogP contribution in [0.3, 0.4) is 0 Å². The zero-order valence-corrected chi connectivity index (χ0v) is 17.9. The number of piperazine rings is 1. The molecule has 2 heterocycles. The van der Waals surface area contributed by atoms with Crippen molar-refractivity contribution in [3.05, 3.63) is 42.3 Å². The Bertz CT molecular complexity index is 752. The van der Waals surface area contributed by atoms with Crippen LogP contribution >= 0.6 is 0 Å². The fourth-order valence-electron chi connectivity index (χ4n) is 3.40. The van der Waals surface area contributed by atoms with E-state index in [2.05, 4.69) is 51.3 Å². The maximum atomic E-state index is 5.60. The Balaban J connectivity index is 1.48. The molecule has 1 aliphatic rings. The van der Waals surface area contributed by atoms with Crippen LogP contribution in [-0.4, -0.2) is 73.6 Å². The Morgan fingerprint density at radius 2 is 1.93 bits per heavy atom. The summed E-state index contributed by atoms with van der Waals surface area (Å²) >= 11 is 0. The normalized spacial score (nSPS) is 17.3. The smallest absolute Gasteiger partial charge is 0.226 e. The largest absolute Gasteiger partial charge is 0.444 e. The summed E-state index contributed by atoms with van der Waals surface area (Å²) in [4.78, 5) is 14.2. The minimum absolute atomic E-state index is 0.485. The molecule has 1 atom stereocenters. The van der Waals surface area contributed by atoms with Crippen LogP contribution in [0.25, 0.3) is 11.5 Å². The predicted octanol–water partition coefficient (Wildman–Crippen LogP) is 2.28. The predicted molar refractivity (Wildman–Crippen MR) is 118 cm³/mol. The Hall–Kier alpha value is -2.38. The van der Waals surface area contributed by atoms with Crippen LogP contribution in [0.2, 0.25) is 0 Å². The quantitative estimate of drug-likeness (QED) is 0.525. The lowest BCUT2D eigenvalue weighted by Crippen LogP contribution is -2.47. The van der Waals surface area contributed by atoms with Crippen LogP contribution in [0.1, 0.15) is 19.5 Å². The molecule has 7 heteroatoms. The highest BCUT2D eigenvalue weighted by atomic mass is 16.3. The molecule has 158 valence electrons. The van der Waals surface area contributed by atoms with E-state index in [1.165, 1.54) is 0 Å². The lowest BCUT2D eigenvalue weighted by Gasteiger charge is -2.34. The zero-order chi connectivity index (χ0) is 20.5. The van der Waals surface area contributed by atoms with Crippen molar-refractivity contribution in [2.75, 3.05) is 52.9 Å². The molecule has 2 aromatic rings. The first-order valence-corrected chi connectivity index (χ1v) is 10.6. The van der Waals surface area contributed by atoms with Crippen LogP contribution in [0.4, 0.5) is 0 Å². The number of rotatable bonds is 8. The Kier molecular flexibility index (Phi) is 8.07. The van der Waals surface area contributed by atoms with Gasteiger partial charge in [-0.15, -0.1) is 0 Å². The van der Waals surface area contributed by atoms with Crippen molar-refractivity contribution in [1.82, 2.24) is 25.4 Å². The second kappa shape index (κ2) is 11.0. The summed E-state index contributed by atoms with van der Waals surface area (Å²) in [5.74, 6) is 2.01. The molecule has 0 bridgehead atoms. The minimum Gasteiger partial charge on any atom is -0.444 e. The number of aromatic nitrogens is 1. The fraction of sp³-hybridized carbons (Fsp3) is 0.545. The van der Waals surface area contributed by atoms with Gasteiger partial charge < -0.3 is 24.9 Å². The molecule has 0 saturated carbocycles. The number of aliphatic imine (C=N–C) groups is 1. The highest BCUT2D eigenvalue weighted by Crippen LogP contribution is 2.18.